The van der Waals surface area contributed by atoms with E-state index in [4.69, 9.17) is 14.5 Å². The Morgan fingerprint density at radius 1 is 0.892 bits per heavy atom. The second kappa shape index (κ2) is 23.4. The number of rotatable bonds is 20. The van der Waals surface area contributed by atoms with Gasteiger partial charge in [0, 0.05) is 41.9 Å². The zero-order valence-electron chi connectivity index (χ0n) is 41.2. The number of hydrogen-bond donors (Lipinski definition) is 7. The first-order chi connectivity index (χ1) is 35.2. The van der Waals surface area contributed by atoms with Crippen molar-refractivity contribution in [2.45, 2.75) is 121 Å². The zero-order valence-corrected chi connectivity index (χ0v) is 41.2. The molecular weight excluding hydrogens is 975 g/mol. The van der Waals surface area contributed by atoms with Gasteiger partial charge in [0.15, 0.2) is 11.4 Å². The van der Waals surface area contributed by atoms with Crippen LogP contribution in [0.25, 0.3) is 16.5 Å². The summed E-state index contributed by atoms with van der Waals surface area (Å²) in [6, 6.07) is 7.35. The quantitative estimate of drug-likeness (QED) is 0.0372. The van der Waals surface area contributed by atoms with Crippen LogP contribution in [0.1, 0.15) is 105 Å². The smallest absolute Gasteiger partial charge is 0.423 e. The molecular formula is C52H59F4N7O11. The highest BCUT2D eigenvalue weighted by atomic mass is 19.4. The van der Waals surface area contributed by atoms with Gasteiger partial charge in [0.05, 0.1) is 36.9 Å². The van der Waals surface area contributed by atoms with Crippen molar-refractivity contribution in [1.82, 2.24) is 36.9 Å². The van der Waals surface area contributed by atoms with E-state index >= 15 is 4.39 Å². The Morgan fingerprint density at radius 2 is 1.59 bits per heavy atom. The van der Waals surface area contributed by atoms with Gasteiger partial charge < -0.3 is 46.5 Å². The van der Waals surface area contributed by atoms with Crippen molar-refractivity contribution < 1.29 is 70.5 Å². The number of benzene rings is 2. The number of nitrogens with one attached hydrogen (secondary N) is 6. The molecule has 0 saturated carbocycles. The van der Waals surface area contributed by atoms with Crippen molar-refractivity contribution in [3.05, 3.63) is 92.9 Å². The van der Waals surface area contributed by atoms with E-state index in [1.165, 1.54) is 6.07 Å². The van der Waals surface area contributed by atoms with Gasteiger partial charge in [-0.25, -0.2) is 14.2 Å². The van der Waals surface area contributed by atoms with E-state index in [9.17, 15) is 56.6 Å². The van der Waals surface area contributed by atoms with Crippen molar-refractivity contribution >= 4 is 63.7 Å². The summed E-state index contributed by atoms with van der Waals surface area (Å²) in [5.74, 6) is -7.41. The number of aryl methyl sites for hydroxylation is 1. The highest BCUT2D eigenvalue weighted by Crippen LogP contribution is 2.50. The summed E-state index contributed by atoms with van der Waals surface area (Å²) in [4.78, 5) is 108. The van der Waals surface area contributed by atoms with Crippen LogP contribution in [-0.4, -0.2) is 114 Å². The molecule has 1 aromatic heterocycles. The largest absolute Gasteiger partial charge is 0.458 e. The number of unbranched alkanes of at least 4 members (excludes halogenated alkanes) is 2. The first kappa shape index (κ1) is 54.7. The van der Waals surface area contributed by atoms with Gasteiger partial charge in [-0.05, 0) is 90.8 Å². The number of carbonyl (C=O) groups is 8. The number of allylic oxidation sites excluding steroid dienone is 1. The number of esters is 1. The van der Waals surface area contributed by atoms with Crippen molar-refractivity contribution in [2.24, 2.45) is 5.92 Å². The Labute approximate surface area is 423 Å². The first-order valence-corrected chi connectivity index (χ1v) is 24.7. The Balaban J connectivity index is 1.02. The molecule has 2 heterocycles. The average molecular weight is 1030 g/mol. The van der Waals surface area contributed by atoms with Crippen LogP contribution >= 0.6 is 0 Å². The van der Waals surface area contributed by atoms with Crippen molar-refractivity contribution in [3.8, 4) is 0 Å². The highest BCUT2D eigenvalue weighted by molar-refractivity contribution is 6.03. The number of carbonyl (C=O) groups excluding carboxylic acids is 8. The number of alkyl halides is 3. The predicted octanol–water partition coefficient (Wildman–Crippen LogP) is 3.38. The minimum absolute atomic E-state index is 0.0205. The molecule has 7 N–H and O–H groups in total. The number of hydrogen-bond acceptors (Lipinski definition) is 12. The molecule has 5 atom stereocenters. The van der Waals surface area contributed by atoms with Crippen LogP contribution in [0.3, 0.4) is 0 Å². The van der Waals surface area contributed by atoms with Gasteiger partial charge >= 0.3 is 12.1 Å². The summed E-state index contributed by atoms with van der Waals surface area (Å²) in [7, 11) is 0. The lowest BCUT2D eigenvalue weighted by Crippen LogP contribution is -2.52. The number of aliphatic hydroxyl groups is 1. The molecule has 0 bridgehead atoms. The maximum absolute atomic E-state index is 15.5. The van der Waals surface area contributed by atoms with Crippen LogP contribution in [0.2, 0.25) is 0 Å². The normalized spacial score (nSPS) is 20.5. The first-order valence-electron chi connectivity index (χ1n) is 24.7. The van der Waals surface area contributed by atoms with Crippen LogP contribution < -0.4 is 31.9 Å². The summed E-state index contributed by atoms with van der Waals surface area (Å²) in [6.45, 7) is 1.95. The lowest BCUT2D eigenvalue weighted by Gasteiger charge is -2.34. The topological polar surface area (TPSA) is 260 Å². The number of cyclic esters (lactones) is 1. The van der Waals surface area contributed by atoms with Crippen molar-refractivity contribution in [2.75, 3.05) is 33.0 Å². The molecule has 396 valence electrons. The monoisotopic (exact) mass is 1030 g/mol. The summed E-state index contributed by atoms with van der Waals surface area (Å²) < 4.78 is 69.7. The van der Waals surface area contributed by atoms with E-state index in [1.54, 1.807) is 50.3 Å². The average Bonchev–Trinajstić information content (AvgIpc) is 3.70. The summed E-state index contributed by atoms with van der Waals surface area (Å²) >= 11 is 0. The molecule has 3 aromatic rings. The van der Waals surface area contributed by atoms with Gasteiger partial charge in [-0.2, -0.15) is 13.2 Å². The molecule has 0 radical (unpaired) electrons. The minimum Gasteiger partial charge on any atom is -0.458 e. The second-order valence-electron chi connectivity index (χ2n) is 18.8. The molecule has 22 heteroatoms. The molecule has 3 aliphatic carbocycles. The van der Waals surface area contributed by atoms with E-state index in [0.29, 0.717) is 57.3 Å². The van der Waals surface area contributed by atoms with Gasteiger partial charge in [-0.3, -0.25) is 33.6 Å². The van der Waals surface area contributed by atoms with Crippen molar-refractivity contribution in [1.29, 1.82) is 0 Å². The molecule has 1 unspecified atom stereocenters. The molecule has 18 nitrogen and oxygen atoms in total. The van der Waals surface area contributed by atoms with E-state index in [-0.39, 0.29) is 86.5 Å². The fourth-order valence-corrected chi connectivity index (χ4v) is 9.91. The predicted molar refractivity (Wildman–Crippen MR) is 257 cm³/mol. The maximum Gasteiger partial charge on any atom is 0.423 e. The molecule has 1 aliphatic heterocycles. The lowest BCUT2D eigenvalue weighted by molar-refractivity contribution is -0.220. The third-order valence-corrected chi connectivity index (χ3v) is 13.9. The maximum atomic E-state index is 15.5. The molecule has 7 rings (SSSR count). The van der Waals surface area contributed by atoms with Gasteiger partial charge in [0.25, 0.3) is 5.91 Å². The Bertz CT molecular complexity index is 2800. The SMILES string of the molecule is CCCCCC(=O)NCC(=O)NCC(=O)N[C@@H](Cc1ccccc1)C(=O)NCC(=O)NCO[C@H](C(=O)N[C@H]1CCc2c(C)c(F)cc3nc4c(c1c23)CC1CCC(=O)C2=C(/C=C/41)[C@@](O)(CC)C(=O)OC2)C(F)(F)F. The molecule has 6 amide bonds. The Hall–Kier alpha value is -7.07. The third kappa shape index (κ3) is 12.3. The molecule has 4 aliphatic rings. The van der Waals surface area contributed by atoms with Gasteiger partial charge in [0.2, 0.25) is 35.6 Å². The van der Waals surface area contributed by atoms with Crippen LogP contribution in [0.5, 0.6) is 0 Å². The Morgan fingerprint density at radius 3 is 2.31 bits per heavy atom. The van der Waals surface area contributed by atoms with Crippen LogP contribution in [0.15, 0.2) is 53.6 Å². The number of ether oxygens (including phenoxy) is 2. The summed E-state index contributed by atoms with van der Waals surface area (Å²) in [5, 5.41) is 26.3. The van der Waals surface area contributed by atoms with Crippen LogP contribution in [0, 0.1) is 18.7 Å². The fourth-order valence-electron chi connectivity index (χ4n) is 9.91. The van der Waals surface area contributed by atoms with Gasteiger partial charge in [0.1, 0.15) is 25.2 Å². The molecule has 2 aromatic carbocycles. The van der Waals surface area contributed by atoms with E-state index in [1.807, 2.05) is 6.92 Å². The van der Waals surface area contributed by atoms with Crippen LogP contribution in [-0.2, 0) is 67.1 Å². The molecule has 0 spiro atoms. The third-order valence-electron chi connectivity index (χ3n) is 13.9. The van der Waals surface area contributed by atoms with E-state index < -0.39 is 97.0 Å². The fraction of sp³-hybridized carbons (Fsp3) is 0.481. The van der Waals surface area contributed by atoms with Gasteiger partial charge in [-0.15, -0.1) is 0 Å². The molecule has 0 fully saturated rings. The number of fused-ring (bicyclic) bond motifs is 4. The zero-order chi connectivity index (χ0) is 53.5. The van der Waals surface area contributed by atoms with Gasteiger partial charge in [-0.1, -0.05) is 57.0 Å². The number of nitrogens with zero attached hydrogens (tertiary/aromatic N) is 1. The number of aromatic nitrogens is 1. The number of amides is 6. The van der Waals surface area contributed by atoms with Crippen molar-refractivity contribution in [3.63, 3.8) is 0 Å². The van der Waals surface area contributed by atoms with Crippen LogP contribution in [0.4, 0.5) is 17.6 Å². The summed E-state index contributed by atoms with van der Waals surface area (Å²) in [5.41, 5.74) is 1.55. The summed E-state index contributed by atoms with van der Waals surface area (Å²) in [6.07, 6.45) is -3.56. The standard InChI is InChI=1S/C52H59F4N7O11/c1-4-6-8-13-40(65)57-22-41(66)58-24-43(68)61-38(18-28-11-9-7-10-12-28)48(69)59-23-42(67)60-26-74-47(52(54,55)56)49(70)63-36-16-15-30-27(3)35(53)21-37-44(30)45(36)32-19-29-14-17-39(64)33-25-73-50(71)51(72,5-2)34(33)20-31(29)46(32)62-37/h7,9-12,20-21,29,36,38,47,72H,4-6,8,13-19,22-26H2,1-3H3,(H,57,65)(H,58,66)(H,59,69)(H,60,67)(H,61,68)(H,63,70)/b31-20+/t29?,36-,38-,47+,51-/m0/s1. The Kier molecular flexibility index (Phi) is 17.3. The highest BCUT2D eigenvalue weighted by Gasteiger charge is 2.49. The molecule has 0 saturated heterocycles. The second-order valence-corrected chi connectivity index (χ2v) is 18.8. The number of Topliss-reactive ketones (excluding diaryl/α,β-unsaturated/α-hetero) is 1. The lowest BCUT2D eigenvalue weighted by atomic mass is 9.79. The number of halogens is 4. The van der Waals surface area contributed by atoms with E-state index in [0.717, 1.165) is 12.8 Å². The molecule has 74 heavy (non-hydrogen) atoms. The number of ketones is 1. The number of pyridine rings is 1. The van der Waals surface area contributed by atoms with E-state index in [2.05, 4.69) is 31.9 Å². The minimum atomic E-state index is -5.29.